The number of nitrogens with one attached hydrogen (secondary N) is 1. The molecule has 0 spiro atoms. The Bertz CT molecular complexity index is 445. The van der Waals surface area contributed by atoms with E-state index in [1.807, 2.05) is 22.9 Å². The molecule has 0 atom stereocenters. The first kappa shape index (κ1) is 10.4. The van der Waals surface area contributed by atoms with E-state index in [-0.39, 0.29) is 5.91 Å². The molecule has 0 aliphatic heterocycles. The Hall–Kier alpha value is -1.13. The second kappa shape index (κ2) is 4.59. The molecule has 2 rings (SSSR count). The molecule has 0 bridgehead atoms. The molecule has 0 aromatic carbocycles. The second-order valence-electron chi connectivity index (χ2n) is 3.19. The summed E-state index contributed by atoms with van der Waals surface area (Å²) in [7, 11) is 0. The van der Waals surface area contributed by atoms with E-state index in [0.29, 0.717) is 6.54 Å². The fraction of sp³-hybridized carbons (Fsp3) is 0.182. The van der Waals surface area contributed by atoms with Gasteiger partial charge in [-0.05, 0) is 35.4 Å². The Balaban J connectivity index is 1.95. The number of aryl methyl sites for hydroxylation is 1. The molecule has 78 valence electrons. The maximum Gasteiger partial charge on any atom is 0.261 e. The first-order valence-corrected chi connectivity index (χ1v) is 6.38. The van der Waals surface area contributed by atoms with E-state index in [4.69, 9.17) is 0 Å². The highest BCUT2D eigenvalue weighted by Gasteiger charge is 2.06. The van der Waals surface area contributed by atoms with Crippen molar-refractivity contribution < 1.29 is 4.79 Å². The molecular formula is C11H11NOS2. The summed E-state index contributed by atoms with van der Waals surface area (Å²) in [5.41, 5.74) is 1.24. The van der Waals surface area contributed by atoms with Crippen LogP contribution in [0.25, 0.3) is 0 Å². The van der Waals surface area contributed by atoms with E-state index in [1.54, 1.807) is 11.3 Å². The minimum atomic E-state index is 0.0119. The first-order valence-electron chi connectivity index (χ1n) is 4.62. The van der Waals surface area contributed by atoms with E-state index in [2.05, 4.69) is 18.3 Å². The number of carbonyl (C=O) groups is 1. The van der Waals surface area contributed by atoms with Gasteiger partial charge in [0, 0.05) is 4.88 Å². The highest BCUT2D eigenvalue weighted by molar-refractivity contribution is 7.12. The van der Waals surface area contributed by atoms with Crippen molar-refractivity contribution in [2.45, 2.75) is 13.5 Å². The third-order valence-electron chi connectivity index (χ3n) is 2.12. The zero-order valence-electron chi connectivity index (χ0n) is 8.32. The van der Waals surface area contributed by atoms with Crippen molar-refractivity contribution in [3.8, 4) is 0 Å². The molecule has 2 heterocycles. The SMILES string of the molecule is Cc1ccsc1CNC(=O)c1cccs1. The average molecular weight is 237 g/mol. The average Bonchev–Trinajstić information content (AvgIpc) is 2.85. The quantitative estimate of drug-likeness (QED) is 0.873. The molecule has 1 N–H and O–H groups in total. The summed E-state index contributed by atoms with van der Waals surface area (Å²) >= 11 is 3.14. The third-order valence-corrected chi connectivity index (χ3v) is 4.01. The smallest absolute Gasteiger partial charge is 0.261 e. The zero-order valence-corrected chi connectivity index (χ0v) is 9.95. The maximum atomic E-state index is 11.6. The van der Waals surface area contributed by atoms with Crippen molar-refractivity contribution in [1.29, 1.82) is 0 Å². The minimum absolute atomic E-state index is 0.0119. The van der Waals surface area contributed by atoms with E-state index in [1.165, 1.54) is 21.8 Å². The van der Waals surface area contributed by atoms with Crippen molar-refractivity contribution in [2.24, 2.45) is 0 Å². The molecule has 1 amide bonds. The monoisotopic (exact) mass is 237 g/mol. The number of hydrogen-bond donors (Lipinski definition) is 1. The Morgan fingerprint density at radius 2 is 2.20 bits per heavy atom. The predicted octanol–water partition coefficient (Wildman–Crippen LogP) is 3.05. The van der Waals surface area contributed by atoms with Crippen LogP contribution in [-0.4, -0.2) is 5.91 Å². The van der Waals surface area contributed by atoms with Gasteiger partial charge in [0.25, 0.3) is 5.91 Å². The van der Waals surface area contributed by atoms with Crippen molar-refractivity contribution in [1.82, 2.24) is 5.32 Å². The van der Waals surface area contributed by atoms with E-state index >= 15 is 0 Å². The normalized spacial score (nSPS) is 10.2. The van der Waals surface area contributed by atoms with Crippen LogP contribution in [0.1, 0.15) is 20.1 Å². The van der Waals surface area contributed by atoms with Crippen molar-refractivity contribution in [3.05, 3.63) is 44.3 Å². The highest BCUT2D eigenvalue weighted by Crippen LogP contribution is 2.15. The zero-order chi connectivity index (χ0) is 10.7. The lowest BCUT2D eigenvalue weighted by Gasteiger charge is -2.02. The predicted molar refractivity (Wildman–Crippen MR) is 64.5 cm³/mol. The summed E-state index contributed by atoms with van der Waals surface area (Å²) in [5, 5.41) is 6.86. The summed E-state index contributed by atoms with van der Waals surface area (Å²) in [6.07, 6.45) is 0. The van der Waals surface area contributed by atoms with Crippen molar-refractivity contribution >= 4 is 28.6 Å². The number of rotatable bonds is 3. The van der Waals surface area contributed by atoms with Crippen LogP contribution in [0.4, 0.5) is 0 Å². The van der Waals surface area contributed by atoms with Crippen LogP contribution in [0.5, 0.6) is 0 Å². The number of amides is 1. The van der Waals surface area contributed by atoms with E-state index < -0.39 is 0 Å². The van der Waals surface area contributed by atoms with Crippen LogP contribution in [0, 0.1) is 6.92 Å². The molecule has 0 fully saturated rings. The summed E-state index contributed by atoms with van der Waals surface area (Å²) in [6, 6.07) is 5.79. The molecule has 4 heteroatoms. The van der Waals surface area contributed by atoms with Gasteiger partial charge < -0.3 is 5.32 Å². The molecule has 0 saturated heterocycles. The van der Waals surface area contributed by atoms with Gasteiger partial charge in [0.15, 0.2) is 0 Å². The third kappa shape index (κ3) is 2.46. The van der Waals surface area contributed by atoms with Gasteiger partial charge in [-0.3, -0.25) is 4.79 Å². The van der Waals surface area contributed by atoms with Crippen LogP contribution in [-0.2, 0) is 6.54 Å². The molecule has 0 saturated carbocycles. The van der Waals surface area contributed by atoms with Crippen LogP contribution >= 0.6 is 22.7 Å². The van der Waals surface area contributed by atoms with Gasteiger partial charge >= 0.3 is 0 Å². The van der Waals surface area contributed by atoms with Crippen molar-refractivity contribution in [2.75, 3.05) is 0 Å². The van der Waals surface area contributed by atoms with Gasteiger partial charge in [-0.15, -0.1) is 22.7 Å². The van der Waals surface area contributed by atoms with Crippen LogP contribution in [0.2, 0.25) is 0 Å². The molecule has 0 unspecified atom stereocenters. The van der Waals surface area contributed by atoms with Gasteiger partial charge in [-0.25, -0.2) is 0 Å². The molecule has 2 aromatic heterocycles. The minimum Gasteiger partial charge on any atom is -0.346 e. The molecule has 15 heavy (non-hydrogen) atoms. The van der Waals surface area contributed by atoms with Gasteiger partial charge in [-0.2, -0.15) is 0 Å². The van der Waals surface area contributed by atoms with Crippen LogP contribution < -0.4 is 5.32 Å². The Morgan fingerprint density at radius 1 is 1.33 bits per heavy atom. The Kier molecular flexibility index (Phi) is 3.18. The molecule has 2 nitrogen and oxygen atoms in total. The van der Waals surface area contributed by atoms with Gasteiger partial charge in [-0.1, -0.05) is 6.07 Å². The van der Waals surface area contributed by atoms with E-state index in [0.717, 1.165) is 4.88 Å². The molecule has 2 aromatic rings. The van der Waals surface area contributed by atoms with Crippen molar-refractivity contribution in [3.63, 3.8) is 0 Å². The summed E-state index contributed by atoms with van der Waals surface area (Å²) in [6.45, 7) is 2.68. The maximum absolute atomic E-state index is 11.6. The Morgan fingerprint density at radius 3 is 2.80 bits per heavy atom. The standard InChI is InChI=1S/C11H11NOS2/c1-8-4-6-15-10(8)7-12-11(13)9-3-2-5-14-9/h2-6H,7H2,1H3,(H,12,13). The Labute approximate surface area is 96.6 Å². The summed E-state index contributed by atoms with van der Waals surface area (Å²) in [4.78, 5) is 13.6. The van der Waals surface area contributed by atoms with Crippen LogP contribution in [0.15, 0.2) is 29.0 Å². The molecule has 0 radical (unpaired) electrons. The fourth-order valence-corrected chi connectivity index (χ4v) is 2.73. The largest absolute Gasteiger partial charge is 0.346 e. The second-order valence-corrected chi connectivity index (χ2v) is 5.14. The first-order chi connectivity index (χ1) is 7.27. The lowest BCUT2D eigenvalue weighted by molar-refractivity contribution is 0.0955. The molecule has 0 aliphatic rings. The van der Waals surface area contributed by atoms with Gasteiger partial charge in [0.05, 0.1) is 11.4 Å². The number of hydrogen-bond acceptors (Lipinski definition) is 3. The summed E-state index contributed by atoms with van der Waals surface area (Å²) < 4.78 is 0. The van der Waals surface area contributed by atoms with E-state index in [9.17, 15) is 4.79 Å². The molecule has 0 aliphatic carbocycles. The van der Waals surface area contributed by atoms with Crippen LogP contribution in [0.3, 0.4) is 0 Å². The molecular weight excluding hydrogens is 226 g/mol. The lowest BCUT2D eigenvalue weighted by Crippen LogP contribution is -2.21. The van der Waals surface area contributed by atoms with Gasteiger partial charge in [0.1, 0.15) is 0 Å². The number of thiophene rings is 2. The fourth-order valence-electron chi connectivity index (χ4n) is 1.24. The van der Waals surface area contributed by atoms with Gasteiger partial charge in [0.2, 0.25) is 0 Å². The highest BCUT2D eigenvalue weighted by atomic mass is 32.1. The summed E-state index contributed by atoms with van der Waals surface area (Å²) in [5.74, 6) is 0.0119. The topological polar surface area (TPSA) is 29.1 Å². The lowest BCUT2D eigenvalue weighted by atomic mass is 10.3. The number of carbonyl (C=O) groups excluding carboxylic acids is 1.